The van der Waals surface area contributed by atoms with Crippen molar-refractivity contribution in [2.24, 2.45) is 14.1 Å². The van der Waals surface area contributed by atoms with Gasteiger partial charge in [0.05, 0.1) is 5.69 Å². The summed E-state index contributed by atoms with van der Waals surface area (Å²) in [6.07, 6.45) is 6.01. The molecule has 0 saturated carbocycles. The van der Waals surface area contributed by atoms with Gasteiger partial charge in [-0.15, -0.1) is 0 Å². The Labute approximate surface area is 216 Å². The van der Waals surface area contributed by atoms with Crippen LogP contribution in [0, 0.1) is 13.8 Å². The van der Waals surface area contributed by atoms with Gasteiger partial charge in [-0.2, -0.15) is 4.98 Å². The van der Waals surface area contributed by atoms with Crippen molar-refractivity contribution in [2.45, 2.75) is 26.7 Å². The van der Waals surface area contributed by atoms with Crippen molar-refractivity contribution in [3.05, 3.63) is 69.9 Å². The first-order chi connectivity index (χ1) is 17.8. The predicted molar refractivity (Wildman–Crippen MR) is 146 cm³/mol. The number of carbonyl (C=O) groups is 1. The molecule has 0 unspecified atom stereocenters. The van der Waals surface area contributed by atoms with Gasteiger partial charge in [0, 0.05) is 50.5 Å². The van der Waals surface area contributed by atoms with E-state index in [9.17, 15) is 9.59 Å². The van der Waals surface area contributed by atoms with Gasteiger partial charge in [0.25, 0.3) is 11.5 Å². The topological polar surface area (TPSA) is 97.1 Å². The van der Waals surface area contributed by atoms with Crippen LogP contribution in [0.1, 0.15) is 34.5 Å². The van der Waals surface area contributed by atoms with E-state index >= 15 is 0 Å². The van der Waals surface area contributed by atoms with Crippen LogP contribution in [0.15, 0.2) is 47.5 Å². The van der Waals surface area contributed by atoms with E-state index in [4.69, 9.17) is 0 Å². The summed E-state index contributed by atoms with van der Waals surface area (Å²) in [6.45, 7) is 7.74. The van der Waals surface area contributed by atoms with Gasteiger partial charge >= 0.3 is 0 Å². The van der Waals surface area contributed by atoms with Gasteiger partial charge in [-0.1, -0.05) is 18.2 Å². The Hall–Kier alpha value is -3.98. The molecule has 0 atom stereocenters. The molecule has 9 nitrogen and oxygen atoms in total. The van der Waals surface area contributed by atoms with Gasteiger partial charge in [-0.3, -0.25) is 14.2 Å². The summed E-state index contributed by atoms with van der Waals surface area (Å²) < 4.78 is 3.34. The van der Waals surface area contributed by atoms with E-state index < -0.39 is 0 Å². The highest BCUT2D eigenvalue weighted by Gasteiger charge is 2.17. The molecular weight excluding hydrogens is 466 g/mol. The van der Waals surface area contributed by atoms with Gasteiger partial charge in [-0.05, 0) is 68.6 Å². The van der Waals surface area contributed by atoms with E-state index in [0.717, 1.165) is 41.7 Å². The Kier molecular flexibility index (Phi) is 6.80. The van der Waals surface area contributed by atoms with Gasteiger partial charge in [0.15, 0.2) is 0 Å². The van der Waals surface area contributed by atoms with Crippen LogP contribution in [0.2, 0.25) is 0 Å². The first-order valence-corrected chi connectivity index (χ1v) is 12.7. The third kappa shape index (κ3) is 4.99. The summed E-state index contributed by atoms with van der Waals surface area (Å²) >= 11 is 0. The molecule has 5 rings (SSSR count). The fourth-order valence-electron chi connectivity index (χ4n) is 5.14. The van der Waals surface area contributed by atoms with Crippen molar-refractivity contribution in [1.82, 2.24) is 29.3 Å². The highest BCUT2D eigenvalue weighted by molar-refractivity contribution is 5.94. The zero-order chi connectivity index (χ0) is 26.1. The average Bonchev–Trinajstić information content (AvgIpc) is 3.52. The van der Waals surface area contributed by atoms with E-state index in [0.29, 0.717) is 35.1 Å². The van der Waals surface area contributed by atoms with Gasteiger partial charge in [0.1, 0.15) is 11.3 Å². The molecule has 0 spiro atoms. The zero-order valence-corrected chi connectivity index (χ0v) is 21.8. The Balaban J connectivity index is 1.36. The molecule has 1 aliphatic rings. The second-order valence-electron chi connectivity index (χ2n) is 9.82. The minimum Gasteiger partial charge on any atom is -0.349 e. The number of carbonyl (C=O) groups excluding carboxylic acids is 1. The maximum absolute atomic E-state index is 13.3. The lowest BCUT2D eigenvalue weighted by atomic mass is 9.96. The van der Waals surface area contributed by atoms with Gasteiger partial charge < -0.3 is 20.1 Å². The van der Waals surface area contributed by atoms with Gasteiger partial charge in [0.2, 0.25) is 5.95 Å². The molecule has 9 heteroatoms. The number of aromatic nitrogens is 4. The van der Waals surface area contributed by atoms with Crippen molar-refractivity contribution in [3.8, 4) is 11.1 Å². The van der Waals surface area contributed by atoms with E-state index in [1.54, 1.807) is 28.4 Å². The molecule has 3 aromatic heterocycles. The molecule has 4 aromatic rings. The number of pyridine rings is 1. The van der Waals surface area contributed by atoms with Crippen LogP contribution in [0.3, 0.4) is 0 Å². The minimum absolute atomic E-state index is 0.109. The largest absolute Gasteiger partial charge is 0.349 e. The van der Waals surface area contributed by atoms with Crippen molar-refractivity contribution in [1.29, 1.82) is 0 Å². The summed E-state index contributed by atoms with van der Waals surface area (Å²) in [4.78, 5) is 37.5. The molecule has 192 valence electrons. The molecule has 1 aliphatic heterocycles. The van der Waals surface area contributed by atoms with Crippen LogP contribution in [-0.2, 0) is 14.1 Å². The van der Waals surface area contributed by atoms with Crippen molar-refractivity contribution in [3.63, 3.8) is 0 Å². The number of likely N-dealkylation sites (tertiary alicyclic amines) is 1. The highest BCUT2D eigenvalue weighted by Crippen LogP contribution is 2.27. The fourth-order valence-corrected chi connectivity index (χ4v) is 5.14. The molecule has 37 heavy (non-hydrogen) atoms. The lowest BCUT2D eigenvalue weighted by Crippen LogP contribution is -2.34. The summed E-state index contributed by atoms with van der Waals surface area (Å²) in [5.74, 6) is 0.240. The van der Waals surface area contributed by atoms with Crippen molar-refractivity contribution < 1.29 is 4.79 Å². The Morgan fingerprint density at radius 2 is 1.81 bits per heavy atom. The number of nitrogens with one attached hydrogen (secondary N) is 2. The van der Waals surface area contributed by atoms with E-state index in [1.807, 2.05) is 51.4 Å². The van der Waals surface area contributed by atoms with Crippen LogP contribution in [0.5, 0.6) is 0 Å². The number of benzene rings is 1. The number of aryl methyl sites for hydroxylation is 4. The molecule has 0 bridgehead atoms. The second-order valence-corrected chi connectivity index (χ2v) is 9.82. The van der Waals surface area contributed by atoms with Gasteiger partial charge in [-0.25, -0.2) is 4.98 Å². The molecule has 1 aromatic carbocycles. The number of fused-ring (bicyclic) bond motifs is 1. The molecule has 0 radical (unpaired) electrons. The number of hydrogen-bond acceptors (Lipinski definition) is 6. The maximum Gasteiger partial charge on any atom is 0.268 e. The predicted octanol–water partition coefficient (Wildman–Crippen LogP) is 3.52. The lowest BCUT2D eigenvalue weighted by molar-refractivity contribution is 0.0941. The average molecular weight is 500 g/mol. The number of rotatable bonds is 7. The first kappa shape index (κ1) is 24.7. The molecule has 1 saturated heterocycles. The molecule has 1 fully saturated rings. The number of amides is 1. The number of hydrogen-bond donors (Lipinski definition) is 2. The van der Waals surface area contributed by atoms with E-state index in [1.165, 1.54) is 12.8 Å². The second kappa shape index (κ2) is 10.2. The fraction of sp³-hybridized carbons (Fsp3) is 0.357. The Morgan fingerprint density at radius 1 is 1.08 bits per heavy atom. The van der Waals surface area contributed by atoms with Crippen molar-refractivity contribution >= 4 is 28.6 Å². The van der Waals surface area contributed by atoms with Crippen molar-refractivity contribution in [2.75, 3.05) is 31.5 Å². The molecular formula is C28H33N7O2. The quantitative estimate of drug-likeness (QED) is 0.404. The monoisotopic (exact) mass is 499 g/mol. The SMILES string of the molecule is Cc1cccc(C)c1-c1cc2cnc(Nc3cc(C(=O)NCCN4CCCC4)n(C)c3)nc2n(C)c1=O. The summed E-state index contributed by atoms with van der Waals surface area (Å²) in [7, 11) is 3.56. The summed E-state index contributed by atoms with van der Waals surface area (Å²) in [6, 6.07) is 9.66. The summed E-state index contributed by atoms with van der Waals surface area (Å²) in [5.41, 5.74) is 5.36. The molecule has 2 N–H and O–H groups in total. The van der Waals surface area contributed by atoms with Crippen LogP contribution < -0.4 is 16.2 Å². The smallest absolute Gasteiger partial charge is 0.268 e. The highest BCUT2D eigenvalue weighted by atomic mass is 16.2. The zero-order valence-electron chi connectivity index (χ0n) is 21.8. The molecule has 0 aliphatic carbocycles. The van der Waals surface area contributed by atoms with Crippen LogP contribution in [0.4, 0.5) is 11.6 Å². The normalized spacial score (nSPS) is 13.8. The third-order valence-electron chi connectivity index (χ3n) is 7.10. The van der Waals surface area contributed by atoms with E-state index in [-0.39, 0.29) is 11.5 Å². The van der Waals surface area contributed by atoms with Crippen LogP contribution in [0.25, 0.3) is 22.2 Å². The lowest BCUT2D eigenvalue weighted by Gasteiger charge is -2.14. The molecule has 1 amide bonds. The standard InChI is InChI=1S/C28H33N7O2/c1-18-8-7-9-19(2)24(18)22-14-20-16-30-28(32-25(20)34(4)27(22)37)31-21-15-23(33(3)17-21)26(36)29-10-13-35-11-5-6-12-35/h7-9,14-17H,5-6,10-13H2,1-4H3,(H,29,36)(H,30,31,32). The van der Waals surface area contributed by atoms with Crippen LogP contribution >= 0.6 is 0 Å². The molecule has 4 heterocycles. The maximum atomic E-state index is 13.3. The first-order valence-electron chi connectivity index (χ1n) is 12.7. The van der Waals surface area contributed by atoms with Crippen LogP contribution in [-0.4, -0.2) is 56.1 Å². The third-order valence-corrected chi connectivity index (χ3v) is 7.10. The number of nitrogens with zero attached hydrogens (tertiary/aromatic N) is 5. The van der Waals surface area contributed by atoms with E-state index in [2.05, 4.69) is 25.5 Å². The number of anilines is 2. The summed E-state index contributed by atoms with van der Waals surface area (Å²) in [5, 5.41) is 6.96. The minimum atomic E-state index is -0.115. The Morgan fingerprint density at radius 3 is 2.54 bits per heavy atom. The Bertz CT molecular complexity index is 1510.